The molecule has 0 bridgehead atoms. The van der Waals surface area contributed by atoms with Crippen molar-refractivity contribution >= 4 is 22.4 Å². The van der Waals surface area contributed by atoms with Gasteiger partial charge in [-0.05, 0) is 80.4 Å². The fourth-order valence-electron chi connectivity index (χ4n) is 6.00. The Labute approximate surface area is 224 Å². The van der Waals surface area contributed by atoms with Crippen LogP contribution < -0.4 is 15.4 Å². The summed E-state index contributed by atoms with van der Waals surface area (Å²) >= 11 is 0. The summed E-state index contributed by atoms with van der Waals surface area (Å²) in [5.74, 6) is 0.763. The topological polar surface area (TPSA) is 90.3 Å². The maximum atomic E-state index is 13.1. The van der Waals surface area contributed by atoms with E-state index >= 15 is 0 Å². The summed E-state index contributed by atoms with van der Waals surface area (Å²) in [6.07, 6.45) is 7.18. The Kier molecular flexibility index (Phi) is 7.90. The molecule has 38 heavy (non-hydrogen) atoms. The Bertz CT molecular complexity index is 1340. The summed E-state index contributed by atoms with van der Waals surface area (Å²) in [4.78, 5) is 20.0. The van der Waals surface area contributed by atoms with Gasteiger partial charge in [-0.25, -0.2) is 0 Å². The van der Waals surface area contributed by atoms with E-state index in [0.717, 1.165) is 54.6 Å². The quantitative estimate of drug-likeness (QED) is 0.402. The van der Waals surface area contributed by atoms with Crippen molar-refractivity contribution in [2.24, 2.45) is 0 Å². The van der Waals surface area contributed by atoms with Crippen molar-refractivity contribution in [1.82, 2.24) is 15.2 Å². The van der Waals surface area contributed by atoms with Crippen LogP contribution in [0.2, 0.25) is 0 Å². The summed E-state index contributed by atoms with van der Waals surface area (Å²) < 4.78 is 5.67. The molecule has 1 saturated carbocycles. The minimum absolute atomic E-state index is 0.0150. The summed E-state index contributed by atoms with van der Waals surface area (Å²) in [6, 6.07) is 18.6. The molecule has 5 rings (SSSR count). The third-order valence-corrected chi connectivity index (χ3v) is 7.99. The number of benzene rings is 2. The Morgan fingerprint density at radius 1 is 1.18 bits per heavy atom. The van der Waals surface area contributed by atoms with Crippen LogP contribution in [-0.4, -0.2) is 54.6 Å². The van der Waals surface area contributed by atoms with E-state index in [2.05, 4.69) is 57.4 Å². The van der Waals surface area contributed by atoms with E-state index < -0.39 is 0 Å². The van der Waals surface area contributed by atoms with Gasteiger partial charge in [-0.3, -0.25) is 9.78 Å². The van der Waals surface area contributed by atoms with Gasteiger partial charge in [0.25, 0.3) is 5.91 Å². The molecule has 196 valence electrons. The second kappa shape index (κ2) is 11.7. The molecule has 7 heteroatoms. The number of rotatable bonds is 8. The average molecular weight is 510 g/mol. The van der Waals surface area contributed by atoms with Crippen molar-refractivity contribution in [3.63, 3.8) is 0 Å². The van der Waals surface area contributed by atoms with E-state index in [1.54, 1.807) is 19.4 Å². The summed E-state index contributed by atoms with van der Waals surface area (Å²) in [5.41, 5.74) is 2.95. The van der Waals surface area contributed by atoms with Crippen molar-refractivity contribution in [1.29, 1.82) is 5.26 Å². The molecule has 7 nitrogen and oxygen atoms in total. The molecule has 1 saturated heterocycles. The lowest BCUT2D eigenvalue weighted by Gasteiger charge is -2.40. The van der Waals surface area contributed by atoms with E-state index in [1.807, 2.05) is 18.2 Å². The van der Waals surface area contributed by atoms with Crippen LogP contribution in [0.1, 0.15) is 54.1 Å². The molecule has 1 amide bonds. The first-order chi connectivity index (χ1) is 18.6. The fraction of sp³-hybridized carbons (Fsp3) is 0.387. The van der Waals surface area contributed by atoms with Gasteiger partial charge < -0.3 is 20.3 Å². The number of likely N-dealkylation sites (tertiary alicyclic amines) is 1. The number of pyridine rings is 1. The highest BCUT2D eigenvalue weighted by atomic mass is 16.5. The number of carbonyl (C=O) groups is 1. The van der Waals surface area contributed by atoms with E-state index in [1.165, 1.54) is 18.4 Å². The van der Waals surface area contributed by atoms with Crippen LogP contribution in [0.15, 0.2) is 66.9 Å². The van der Waals surface area contributed by atoms with Crippen molar-refractivity contribution in [2.75, 3.05) is 32.1 Å². The predicted octanol–water partition coefficient (Wildman–Crippen LogP) is 5.27. The average Bonchev–Trinajstić information content (AvgIpc) is 3.51. The first-order valence-electron chi connectivity index (χ1n) is 13.5. The number of nitriles is 1. The second-order valence-electron chi connectivity index (χ2n) is 10.3. The molecule has 1 aliphatic heterocycles. The number of carbonyl (C=O) groups excluding carboxylic acids is 1. The van der Waals surface area contributed by atoms with E-state index in [-0.39, 0.29) is 17.9 Å². The normalized spacial score (nSPS) is 21.5. The van der Waals surface area contributed by atoms with Crippen LogP contribution in [-0.2, 0) is 0 Å². The lowest BCUT2D eigenvalue weighted by Crippen LogP contribution is -2.47. The molecule has 2 heterocycles. The maximum Gasteiger partial charge on any atom is 0.270 e. The first-order valence-corrected chi connectivity index (χ1v) is 13.5. The molecule has 0 radical (unpaired) electrons. The minimum atomic E-state index is -0.125. The molecule has 3 unspecified atom stereocenters. The van der Waals surface area contributed by atoms with Crippen molar-refractivity contribution in [3.05, 3.63) is 78.1 Å². The molecule has 2 N–H and O–H groups in total. The Morgan fingerprint density at radius 2 is 2.00 bits per heavy atom. The number of amides is 1. The number of aromatic nitrogens is 1. The van der Waals surface area contributed by atoms with Gasteiger partial charge in [0.15, 0.2) is 0 Å². The van der Waals surface area contributed by atoms with E-state index in [9.17, 15) is 10.1 Å². The third-order valence-electron chi connectivity index (χ3n) is 7.99. The SMILES string of the molecule is C=C(C#N)CNc1c(OC)ccc2ccc(C3CC(N4CCCC4)CCC3NC(=O)c3ccccn3)cc12. The standard InChI is InChI=1S/C31H35N5O2/c1-21(19-32)20-34-30-26-17-23(9-8-22(26)10-13-29(30)38-2)25-18-24(36-15-5-6-16-36)11-12-27(25)35-31(37)28-7-3-4-14-33-28/h3-4,7-10,13-14,17,24-25,27,34H,1,5-6,11-12,15-16,18,20H2,2H3,(H,35,37). The van der Waals surface area contributed by atoms with Gasteiger partial charge >= 0.3 is 0 Å². The number of fused-ring (bicyclic) bond motifs is 1. The highest BCUT2D eigenvalue weighted by Gasteiger charge is 2.36. The zero-order valence-corrected chi connectivity index (χ0v) is 22.0. The molecule has 2 fully saturated rings. The van der Waals surface area contributed by atoms with Crippen LogP contribution in [0.25, 0.3) is 10.8 Å². The van der Waals surface area contributed by atoms with Gasteiger partial charge in [0, 0.05) is 41.7 Å². The molecular weight excluding hydrogens is 474 g/mol. The zero-order valence-electron chi connectivity index (χ0n) is 22.0. The summed E-state index contributed by atoms with van der Waals surface area (Å²) in [5, 5.41) is 18.0. The van der Waals surface area contributed by atoms with Gasteiger partial charge in [0.05, 0.1) is 18.9 Å². The number of ether oxygens (including phenoxy) is 1. The van der Waals surface area contributed by atoms with E-state index in [0.29, 0.717) is 23.9 Å². The Morgan fingerprint density at radius 3 is 2.74 bits per heavy atom. The number of nitrogens with zero attached hydrogens (tertiary/aromatic N) is 3. The van der Waals surface area contributed by atoms with Crippen LogP contribution in [0.5, 0.6) is 5.75 Å². The largest absolute Gasteiger partial charge is 0.495 e. The lowest BCUT2D eigenvalue weighted by atomic mass is 9.76. The summed E-state index contributed by atoms with van der Waals surface area (Å²) in [7, 11) is 1.65. The molecule has 1 aromatic heterocycles. The third kappa shape index (κ3) is 5.51. The highest BCUT2D eigenvalue weighted by molar-refractivity contribution is 5.97. The number of hydrogen-bond acceptors (Lipinski definition) is 6. The van der Waals surface area contributed by atoms with Gasteiger partial charge in [-0.15, -0.1) is 0 Å². The van der Waals surface area contributed by atoms with Crippen molar-refractivity contribution < 1.29 is 9.53 Å². The maximum absolute atomic E-state index is 13.1. The van der Waals surface area contributed by atoms with Crippen LogP contribution in [0.3, 0.4) is 0 Å². The molecule has 1 aliphatic carbocycles. The van der Waals surface area contributed by atoms with Crippen LogP contribution in [0, 0.1) is 11.3 Å². The monoisotopic (exact) mass is 509 g/mol. The lowest BCUT2D eigenvalue weighted by molar-refractivity contribution is 0.0890. The molecule has 0 spiro atoms. The fourth-order valence-corrected chi connectivity index (χ4v) is 6.00. The molecule has 3 atom stereocenters. The van der Waals surface area contributed by atoms with Gasteiger partial charge in [-0.2, -0.15) is 5.26 Å². The Hall–Kier alpha value is -3.89. The highest BCUT2D eigenvalue weighted by Crippen LogP contribution is 2.40. The minimum Gasteiger partial charge on any atom is -0.495 e. The second-order valence-corrected chi connectivity index (χ2v) is 10.3. The number of nitrogens with one attached hydrogen (secondary N) is 2. The smallest absolute Gasteiger partial charge is 0.270 e. The van der Waals surface area contributed by atoms with Crippen LogP contribution >= 0.6 is 0 Å². The molecule has 3 aromatic rings. The van der Waals surface area contributed by atoms with E-state index in [4.69, 9.17) is 4.74 Å². The van der Waals surface area contributed by atoms with Gasteiger partial charge in [0.1, 0.15) is 11.4 Å². The molecule has 2 aromatic carbocycles. The summed E-state index contributed by atoms with van der Waals surface area (Å²) in [6.45, 7) is 6.48. The first kappa shape index (κ1) is 25.7. The van der Waals surface area contributed by atoms with Gasteiger partial charge in [0.2, 0.25) is 0 Å². The van der Waals surface area contributed by atoms with Crippen LogP contribution in [0.4, 0.5) is 5.69 Å². The van der Waals surface area contributed by atoms with Crippen molar-refractivity contribution in [2.45, 2.75) is 50.1 Å². The zero-order chi connectivity index (χ0) is 26.5. The predicted molar refractivity (Wildman–Crippen MR) is 150 cm³/mol. The molecular formula is C31H35N5O2. The molecule has 2 aliphatic rings. The number of methoxy groups -OCH3 is 1. The number of hydrogen-bond donors (Lipinski definition) is 2. The van der Waals surface area contributed by atoms with Crippen molar-refractivity contribution in [3.8, 4) is 11.8 Å². The van der Waals surface area contributed by atoms with Gasteiger partial charge in [-0.1, -0.05) is 30.8 Å². The Balaban J connectivity index is 1.49. The number of anilines is 1.